The number of nitrogens with one attached hydrogen (secondary N) is 14. The first-order valence-electron chi connectivity index (χ1n) is 37.8. The van der Waals surface area contributed by atoms with E-state index in [0.717, 1.165) is 52.9 Å². The van der Waals surface area contributed by atoms with Crippen LogP contribution in [0.2, 0.25) is 0 Å². The zero-order valence-corrected chi connectivity index (χ0v) is 65.0. The van der Waals surface area contributed by atoms with Gasteiger partial charge in [-0.2, -0.15) is 0 Å². The summed E-state index contributed by atoms with van der Waals surface area (Å²) < 4.78 is 5.73. The number of Topliss-reactive ketones (excluding diaryl/α,β-unsaturated/α-hetero) is 1. The molecule has 1 aromatic heterocycles. The van der Waals surface area contributed by atoms with Crippen LogP contribution in [0.25, 0.3) is 10.9 Å². The zero-order valence-electron chi connectivity index (χ0n) is 65.0. The molecule has 1 saturated heterocycles. The lowest BCUT2D eigenvalue weighted by Crippen LogP contribution is -2.61. The van der Waals surface area contributed by atoms with E-state index < -0.39 is 268 Å². The monoisotopic (exact) mass is 1650 g/mol. The van der Waals surface area contributed by atoms with Gasteiger partial charge in [-0.3, -0.25) is 91.1 Å². The molecule has 1 aliphatic heterocycles. The number of cyclic esters (lactones) is 1. The van der Waals surface area contributed by atoms with Gasteiger partial charge in [0.25, 0.3) is 0 Å². The summed E-state index contributed by atoms with van der Waals surface area (Å²) in [6, 6.07) is -9.72. The van der Waals surface area contributed by atoms with Gasteiger partial charge in [0.05, 0.1) is 39.0 Å². The van der Waals surface area contributed by atoms with Crippen molar-refractivity contribution in [3.05, 3.63) is 65.9 Å². The third-order valence-corrected chi connectivity index (χ3v) is 18.4. The van der Waals surface area contributed by atoms with Crippen molar-refractivity contribution in [2.75, 3.05) is 32.0 Å². The van der Waals surface area contributed by atoms with E-state index in [1.54, 1.807) is 30.5 Å². The molecule has 3 aromatic rings. The number of carbonyl (C=O) groups is 20. The number of primary amides is 1. The summed E-state index contributed by atoms with van der Waals surface area (Å²) in [4.78, 5) is 277. The lowest BCUT2D eigenvalue weighted by atomic mass is 9.96. The van der Waals surface area contributed by atoms with Crippen molar-refractivity contribution in [2.45, 2.75) is 222 Å². The van der Waals surface area contributed by atoms with Crippen LogP contribution in [0.15, 0.2) is 54.7 Å². The molecule has 1 aliphatic rings. The molecule has 642 valence electrons. The number of para-hydroxylation sites is 2. The highest BCUT2D eigenvalue weighted by Gasteiger charge is 2.41. The number of rotatable bonds is 37. The van der Waals surface area contributed by atoms with Gasteiger partial charge in [-0.15, -0.1) is 0 Å². The number of aromatic nitrogens is 1. The van der Waals surface area contributed by atoms with Gasteiger partial charge >= 0.3 is 29.8 Å². The largest absolute Gasteiger partial charge is 0.481 e. The lowest BCUT2D eigenvalue weighted by molar-refractivity contribution is -0.156. The predicted molar refractivity (Wildman–Crippen MR) is 409 cm³/mol. The number of carbonyl (C=O) groups excluding carboxylic acids is 16. The number of hydrogen-bond acceptors (Lipinski definition) is 24. The molecule has 14 amide bonds. The number of fused-ring (bicyclic) bond motifs is 1. The Morgan fingerprint density at radius 1 is 0.547 bits per heavy atom. The summed E-state index contributed by atoms with van der Waals surface area (Å²) in [7, 11) is 0. The van der Waals surface area contributed by atoms with E-state index in [-0.39, 0.29) is 43.5 Å². The summed E-state index contributed by atoms with van der Waals surface area (Å²) in [6.07, 6.45) is -2.85. The van der Waals surface area contributed by atoms with Crippen LogP contribution in [0.4, 0.5) is 5.69 Å². The maximum atomic E-state index is 14.9. The highest BCUT2D eigenvalue weighted by Crippen LogP contribution is 2.22. The first-order chi connectivity index (χ1) is 55.4. The lowest BCUT2D eigenvalue weighted by Gasteiger charge is -2.30. The molecule has 0 unspecified atom stereocenters. The number of anilines is 1. The van der Waals surface area contributed by atoms with Gasteiger partial charge in [-0.05, 0) is 82.2 Å². The summed E-state index contributed by atoms with van der Waals surface area (Å²) >= 11 is 0. The molecular weight excluding hydrogens is 1540 g/mol. The summed E-state index contributed by atoms with van der Waals surface area (Å²) in [5.41, 5.74) is 18.2. The van der Waals surface area contributed by atoms with Gasteiger partial charge in [-0.1, -0.05) is 82.7 Å². The van der Waals surface area contributed by atoms with E-state index >= 15 is 0 Å². The number of carboxylic acids is 4. The number of ketones is 1. The highest BCUT2D eigenvalue weighted by molar-refractivity contribution is 6.05. The molecule has 4 rings (SSSR count). The molecule has 2 heterocycles. The standard InChI is InChI=1S/C74H105N17O26/c1-5-6-7-8-9-10-11-22-55(95)83-48(29-40-33-78-44-20-15-13-17-41(40)44)69(111)88-49(31-54(77)94)70(112)86-47(24-26-59(100)101)68(110)91-63-39(4)117-74(116)51(30-53(93)42-18-12-14-19-43(42)76)89-73(115)62(37(2)28-60(102)103)90-71(113)52(36-92)84-57(97)34-79-65(107)50(32-61(104)105)87-64(106)38(3)81-66(108)46(23-25-58(98)99)85-67(109)45(21-16-27-75)82-56(96)35-80-72(63)114/h12-15,17-20,33,37-39,45-52,62-63,78,92H,5-11,16,21-32,34-36,75-76H2,1-4H3,(H2,77,94)(H,79,107)(H,80,114)(H,81,108)(H,82,96)(H,83,95)(H,84,97)(H,85,109)(H,86,112)(H,87,106)(H,88,111)(H,89,115)(H,90,113)(H,91,110)(H,98,99)(H,100,101)(H,102,103)(H,104,105)/t37-,38+,39+,45-,46-,47-,48-,49-,50-,51-,52+,62-,63-/m0/s1. The zero-order chi connectivity index (χ0) is 87.2. The fourth-order valence-corrected chi connectivity index (χ4v) is 12.0. The van der Waals surface area contributed by atoms with Crippen molar-refractivity contribution in [3.8, 4) is 0 Å². The van der Waals surface area contributed by atoms with Crippen LogP contribution in [0.5, 0.6) is 0 Å². The minimum atomic E-state index is -2.39. The molecule has 43 nitrogen and oxygen atoms in total. The normalized spacial score (nSPS) is 21.0. The Kier molecular flexibility index (Phi) is 40.6. The molecule has 117 heavy (non-hydrogen) atoms. The van der Waals surface area contributed by atoms with Crippen LogP contribution in [-0.4, -0.2) is 248 Å². The average molecular weight is 1650 g/mol. The SMILES string of the molecule is CCCCCCCCCC(=O)N[C@@H](Cc1c[nH]c2ccccc12)C(=O)N[C@@H](CC(N)=O)C(=O)N[C@@H](CCC(=O)O)C(=O)N[C@@H]1C(=O)NCC(=O)N[C@@H](CCCN)C(=O)N[C@@H](CCC(=O)O)C(=O)N[C@H](C)C(=O)N[C@@H](CC(=O)O)C(=O)NCC(=O)N[C@H](CO)C(=O)N[C@@H]([C@@H](C)CC(=O)O)C(=O)N[C@@H](CC(=O)c2ccccc2N)C(=O)O[C@@H]1C. The third-order valence-electron chi connectivity index (χ3n) is 18.4. The van der Waals surface area contributed by atoms with Crippen molar-refractivity contribution in [2.24, 2.45) is 17.4 Å². The molecule has 0 aliphatic carbocycles. The maximum Gasteiger partial charge on any atom is 0.329 e. The minimum absolute atomic E-state index is 0.00905. The van der Waals surface area contributed by atoms with Gasteiger partial charge in [0, 0.05) is 60.5 Å². The van der Waals surface area contributed by atoms with Crippen LogP contribution in [0, 0.1) is 5.92 Å². The highest BCUT2D eigenvalue weighted by atomic mass is 16.5. The van der Waals surface area contributed by atoms with E-state index in [4.69, 9.17) is 21.9 Å². The fourth-order valence-electron chi connectivity index (χ4n) is 12.0. The Hall–Kier alpha value is -12.7. The van der Waals surface area contributed by atoms with E-state index in [9.17, 15) is 121 Å². The molecule has 2 aromatic carbocycles. The van der Waals surface area contributed by atoms with Crippen LogP contribution in [0.1, 0.15) is 159 Å². The first-order valence-corrected chi connectivity index (χ1v) is 37.8. The second kappa shape index (κ2) is 49.2. The smallest absolute Gasteiger partial charge is 0.329 e. The quantitative estimate of drug-likeness (QED) is 0.0111. The molecule has 43 heteroatoms. The number of aliphatic hydroxyl groups excluding tert-OH is 1. The fraction of sp³-hybridized carbons (Fsp3) is 0.541. The number of H-pyrrole nitrogens is 1. The summed E-state index contributed by atoms with van der Waals surface area (Å²) in [5.74, 6) is -28.5. The molecule has 0 radical (unpaired) electrons. The van der Waals surface area contributed by atoms with E-state index in [0.29, 0.717) is 29.3 Å². The Balaban J connectivity index is 1.89. The number of amides is 14. The molecule has 25 N–H and O–H groups in total. The van der Waals surface area contributed by atoms with E-state index in [2.05, 4.69) is 70.4 Å². The van der Waals surface area contributed by atoms with Crippen LogP contribution in [0.3, 0.4) is 0 Å². The first kappa shape index (κ1) is 96.7. The second-order valence-electron chi connectivity index (χ2n) is 27.9. The van der Waals surface area contributed by atoms with Gasteiger partial charge in [0.2, 0.25) is 82.7 Å². The summed E-state index contributed by atoms with van der Waals surface area (Å²) in [6.45, 7) is 1.28. The molecule has 0 spiro atoms. The molecule has 13 atom stereocenters. The predicted octanol–water partition coefficient (Wildman–Crippen LogP) is -4.84. The van der Waals surface area contributed by atoms with Gasteiger partial charge in [-0.25, -0.2) is 4.79 Å². The van der Waals surface area contributed by atoms with E-state index in [1.807, 2.05) is 10.6 Å². The topological polar surface area (TPSA) is 702 Å². The van der Waals surface area contributed by atoms with Crippen molar-refractivity contribution < 1.29 is 126 Å². The number of esters is 1. The van der Waals surface area contributed by atoms with Gasteiger partial charge < -0.3 is 122 Å². The number of nitrogens with two attached hydrogens (primary N) is 3. The number of unbranched alkanes of at least 4 members (excludes halogenated alkanes) is 6. The van der Waals surface area contributed by atoms with E-state index in [1.165, 1.54) is 24.3 Å². The Morgan fingerprint density at radius 3 is 1.74 bits per heavy atom. The summed E-state index contributed by atoms with van der Waals surface area (Å²) in [5, 5.41) is 79.1. The van der Waals surface area contributed by atoms with Crippen molar-refractivity contribution in [1.29, 1.82) is 0 Å². The number of aliphatic carboxylic acids is 4. The Bertz CT molecular complexity index is 4080. The number of hydrogen-bond donors (Lipinski definition) is 22. The van der Waals surface area contributed by atoms with Crippen molar-refractivity contribution in [3.63, 3.8) is 0 Å². The van der Waals surface area contributed by atoms with Crippen LogP contribution >= 0.6 is 0 Å². The van der Waals surface area contributed by atoms with Gasteiger partial charge in [0.1, 0.15) is 72.6 Å². The number of nitrogen functional groups attached to an aromatic ring is 1. The third kappa shape index (κ3) is 33.7. The van der Waals surface area contributed by atoms with Crippen LogP contribution in [-0.2, 0) is 102 Å². The Labute approximate surface area is 670 Å². The Morgan fingerprint density at radius 2 is 1.12 bits per heavy atom. The number of benzene rings is 2. The number of carboxylic acid groups (broad SMARTS) is 4. The molecule has 0 bridgehead atoms. The number of ether oxygens (including phenoxy) is 1. The number of aromatic amines is 1. The van der Waals surface area contributed by atoms with Crippen molar-refractivity contribution in [1.82, 2.24) is 74.1 Å². The minimum Gasteiger partial charge on any atom is -0.481 e. The maximum absolute atomic E-state index is 14.9. The molecular formula is C74H105N17O26. The number of aliphatic hydroxyl groups is 1. The van der Waals surface area contributed by atoms with Crippen LogP contribution < -0.4 is 86.3 Å². The average Bonchev–Trinajstić information content (AvgIpc) is 1.77. The molecule has 1 fully saturated rings. The van der Waals surface area contributed by atoms with Gasteiger partial charge in [0.15, 0.2) is 5.78 Å². The second-order valence-corrected chi connectivity index (χ2v) is 27.9. The molecule has 0 saturated carbocycles. The van der Waals surface area contributed by atoms with Crippen molar-refractivity contribution >= 4 is 135 Å².